The van der Waals surface area contributed by atoms with Crippen LogP contribution in [0.5, 0.6) is 0 Å². The van der Waals surface area contributed by atoms with Crippen LogP contribution in [-0.4, -0.2) is 101 Å². The molecule has 0 spiro atoms. The molecule has 1 aromatic carbocycles. The highest BCUT2D eigenvalue weighted by molar-refractivity contribution is 5.93. The van der Waals surface area contributed by atoms with Gasteiger partial charge in [-0.15, -0.1) is 6.42 Å². The van der Waals surface area contributed by atoms with Gasteiger partial charge in [-0.25, -0.2) is 9.80 Å². The number of fused-ring (bicyclic) bond motifs is 1. The van der Waals surface area contributed by atoms with Crippen molar-refractivity contribution in [3.05, 3.63) is 35.9 Å². The second-order valence-corrected chi connectivity index (χ2v) is 8.04. The second kappa shape index (κ2) is 11.5. The fourth-order valence-electron chi connectivity index (χ4n) is 4.26. The van der Waals surface area contributed by atoms with Gasteiger partial charge in [-0.05, 0) is 12.0 Å². The number of hydrogen-bond donors (Lipinski definition) is 2. The molecule has 34 heavy (non-hydrogen) atoms. The zero-order valence-electron chi connectivity index (χ0n) is 19.1. The number of hydrazine groups is 1. The van der Waals surface area contributed by atoms with Gasteiger partial charge in [-0.1, -0.05) is 36.3 Å². The van der Waals surface area contributed by atoms with Crippen molar-refractivity contribution >= 4 is 23.8 Å². The topological polar surface area (TPSA) is 123 Å². The summed E-state index contributed by atoms with van der Waals surface area (Å²) in [5.41, 5.74) is 0.882. The van der Waals surface area contributed by atoms with Crippen molar-refractivity contribution < 1.29 is 29.0 Å². The molecule has 0 aliphatic carbocycles. The second-order valence-electron chi connectivity index (χ2n) is 8.04. The standard InChI is InChI=1S/C23H29N5O6/c1-3-10-26-16-20(29)27-18(13-21(30)31)22(32)25(11-7-12-34-2)15-19(27)28(26)23(33)24-14-17-8-5-4-6-9-17/h1,4-6,8-9,18-19H,7,10-16H2,2H3,(H,24,33)(H,30,31)/t18-,19-/m0/s1. The highest BCUT2D eigenvalue weighted by Crippen LogP contribution is 2.28. The minimum absolute atomic E-state index is 0.00391. The van der Waals surface area contributed by atoms with Gasteiger partial charge in [0.25, 0.3) is 0 Å². The molecule has 182 valence electrons. The Hall–Kier alpha value is -3.62. The van der Waals surface area contributed by atoms with Crippen molar-refractivity contribution in [1.29, 1.82) is 0 Å². The summed E-state index contributed by atoms with van der Waals surface area (Å²) in [7, 11) is 1.54. The lowest BCUT2D eigenvalue weighted by Gasteiger charge is -2.54. The number of piperazine rings is 1. The molecule has 1 aromatic rings. The van der Waals surface area contributed by atoms with Gasteiger partial charge in [0.2, 0.25) is 11.8 Å². The predicted octanol–water partition coefficient (Wildman–Crippen LogP) is -0.0613. The first-order valence-corrected chi connectivity index (χ1v) is 11.0. The summed E-state index contributed by atoms with van der Waals surface area (Å²) in [6.07, 6.45) is 4.56. The number of hydrogen-bond acceptors (Lipinski definition) is 6. The number of nitrogens with one attached hydrogen (secondary N) is 1. The summed E-state index contributed by atoms with van der Waals surface area (Å²) in [6.45, 7) is 0.740. The van der Waals surface area contributed by atoms with Gasteiger partial charge in [0.15, 0.2) is 0 Å². The van der Waals surface area contributed by atoms with Crippen molar-refractivity contribution in [1.82, 2.24) is 25.1 Å². The van der Waals surface area contributed by atoms with Gasteiger partial charge in [0.1, 0.15) is 12.2 Å². The first-order chi connectivity index (χ1) is 16.4. The fraction of sp³-hybridized carbons (Fsp3) is 0.478. The molecule has 2 aliphatic rings. The van der Waals surface area contributed by atoms with E-state index in [0.717, 1.165) is 5.56 Å². The van der Waals surface area contributed by atoms with Crippen LogP contribution in [0.4, 0.5) is 4.79 Å². The maximum absolute atomic E-state index is 13.3. The summed E-state index contributed by atoms with van der Waals surface area (Å²) < 4.78 is 5.06. The number of rotatable bonds is 9. The Morgan fingerprint density at radius 1 is 1.26 bits per heavy atom. The summed E-state index contributed by atoms with van der Waals surface area (Å²) in [5.74, 6) is 0.331. The van der Waals surface area contributed by atoms with Crippen LogP contribution in [0, 0.1) is 12.3 Å². The van der Waals surface area contributed by atoms with Gasteiger partial charge in [0.05, 0.1) is 26.1 Å². The molecule has 2 N–H and O–H groups in total. The molecule has 0 radical (unpaired) electrons. The van der Waals surface area contributed by atoms with Crippen molar-refractivity contribution in [3.8, 4) is 12.3 Å². The van der Waals surface area contributed by atoms with E-state index in [2.05, 4.69) is 11.2 Å². The minimum atomic E-state index is -1.22. The molecule has 11 nitrogen and oxygen atoms in total. The van der Waals surface area contributed by atoms with Crippen LogP contribution in [0.2, 0.25) is 0 Å². The van der Waals surface area contributed by atoms with Gasteiger partial charge in [-0.2, -0.15) is 5.01 Å². The first-order valence-electron chi connectivity index (χ1n) is 11.0. The SMILES string of the molecule is C#CCN1CC(=O)N2[C@@H](CC(=O)O)C(=O)N(CCCOC)C[C@@H]2N1C(=O)NCc1ccccc1. The Morgan fingerprint density at radius 3 is 2.65 bits per heavy atom. The number of terminal acetylenes is 1. The van der Waals surface area contributed by atoms with Crippen molar-refractivity contribution in [2.24, 2.45) is 0 Å². The lowest BCUT2D eigenvalue weighted by molar-refractivity contribution is -0.190. The first kappa shape index (κ1) is 25.0. The molecule has 0 bridgehead atoms. The average Bonchev–Trinajstić information content (AvgIpc) is 2.80. The van der Waals surface area contributed by atoms with Crippen LogP contribution < -0.4 is 5.32 Å². The predicted molar refractivity (Wildman–Crippen MR) is 121 cm³/mol. The van der Waals surface area contributed by atoms with Gasteiger partial charge in [0, 0.05) is 26.8 Å². The zero-order chi connectivity index (χ0) is 24.7. The maximum atomic E-state index is 13.3. The number of amides is 4. The minimum Gasteiger partial charge on any atom is -0.481 e. The number of urea groups is 1. The monoisotopic (exact) mass is 471 g/mol. The number of carbonyl (C=O) groups is 4. The fourth-order valence-corrected chi connectivity index (χ4v) is 4.26. The number of benzene rings is 1. The molecule has 2 saturated heterocycles. The molecule has 2 atom stereocenters. The Balaban J connectivity index is 1.90. The maximum Gasteiger partial charge on any atom is 0.334 e. The third-order valence-corrected chi connectivity index (χ3v) is 5.74. The normalized spacial score (nSPS) is 20.6. The van der Waals surface area contributed by atoms with E-state index >= 15 is 0 Å². The molecular formula is C23H29N5O6. The van der Waals surface area contributed by atoms with Crippen LogP contribution in [0.25, 0.3) is 0 Å². The van der Waals surface area contributed by atoms with E-state index < -0.39 is 42.4 Å². The Kier molecular flexibility index (Phi) is 8.45. The Labute approximate surface area is 198 Å². The molecule has 0 unspecified atom stereocenters. The van der Waals surface area contributed by atoms with Crippen molar-refractivity contribution in [2.45, 2.75) is 31.6 Å². The van der Waals surface area contributed by atoms with Crippen LogP contribution in [0.3, 0.4) is 0 Å². The molecule has 3 rings (SSSR count). The number of carboxylic acids is 1. The van der Waals surface area contributed by atoms with E-state index in [4.69, 9.17) is 11.2 Å². The number of carbonyl (C=O) groups excluding carboxylic acids is 3. The third kappa shape index (κ3) is 5.65. The van der Waals surface area contributed by atoms with E-state index in [-0.39, 0.29) is 26.2 Å². The summed E-state index contributed by atoms with van der Waals surface area (Å²) in [5, 5.41) is 15.1. The Bertz CT molecular complexity index is 949. The van der Waals surface area contributed by atoms with Crippen molar-refractivity contribution in [3.63, 3.8) is 0 Å². The number of nitrogens with zero attached hydrogens (tertiary/aromatic N) is 4. The lowest BCUT2D eigenvalue weighted by Crippen LogP contribution is -2.76. The molecular weight excluding hydrogens is 442 g/mol. The molecule has 0 aromatic heterocycles. The molecule has 2 aliphatic heterocycles. The van der Waals surface area contributed by atoms with E-state index in [9.17, 15) is 24.3 Å². The van der Waals surface area contributed by atoms with E-state index in [1.165, 1.54) is 19.8 Å². The van der Waals surface area contributed by atoms with E-state index in [0.29, 0.717) is 19.6 Å². The quantitative estimate of drug-likeness (QED) is 0.382. The van der Waals surface area contributed by atoms with Crippen LogP contribution >= 0.6 is 0 Å². The number of carboxylic acid groups (broad SMARTS) is 1. The highest BCUT2D eigenvalue weighted by Gasteiger charge is 2.51. The van der Waals surface area contributed by atoms with E-state index in [1.54, 1.807) is 7.11 Å². The summed E-state index contributed by atoms with van der Waals surface area (Å²) in [4.78, 5) is 53.7. The molecule has 2 heterocycles. The highest BCUT2D eigenvalue weighted by atomic mass is 16.5. The zero-order valence-corrected chi connectivity index (χ0v) is 19.1. The number of methoxy groups -OCH3 is 1. The smallest absolute Gasteiger partial charge is 0.334 e. The number of aliphatic carboxylic acids is 1. The van der Waals surface area contributed by atoms with Crippen LogP contribution in [-0.2, 0) is 25.7 Å². The van der Waals surface area contributed by atoms with Crippen molar-refractivity contribution in [2.75, 3.05) is 39.9 Å². The summed E-state index contributed by atoms with van der Waals surface area (Å²) >= 11 is 0. The lowest BCUT2D eigenvalue weighted by atomic mass is 10.0. The van der Waals surface area contributed by atoms with Gasteiger partial charge < -0.3 is 25.0 Å². The van der Waals surface area contributed by atoms with E-state index in [1.807, 2.05) is 30.3 Å². The molecule has 4 amide bonds. The molecule has 11 heteroatoms. The molecule has 0 saturated carbocycles. The third-order valence-electron chi connectivity index (χ3n) is 5.74. The number of ether oxygens (including phenoxy) is 1. The summed E-state index contributed by atoms with van der Waals surface area (Å²) in [6, 6.07) is 7.60. The van der Waals surface area contributed by atoms with Crippen LogP contribution in [0.15, 0.2) is 30.3 Å². The van der Waals surface area contributed by atoms with Gasteiger partial charge in [-0.3, -0.25) is 14.4 Å². The van der Waals surface area contributed by atoms with Crippen LogP contribution in [0.1, 0.15) is 18.4 Å². The average molecular weight is 472 g/mol. The molecule has 2 fully saturated rings. The Morgan fingerprint density at radius 2 is 2.00 bits per heavy atom. The van der Waals surface area contributed by atoms with Gasteiger partial charge >= 0.3 is 12.0 Å². The largest absolute Gasteiger partial charge is 0.481 e.